The number of fused-ring (bicyclic) bond motifs is 2. The molecule has 1 aliphatic rings. The first-order valence-corrected chi connectivity index (χ1v) is 14.0. The van der Waals surface area contributed by atoms with Gasteiger partial charge in [-0.15, -0.1) is 0 Å². The Bertz CT molecular complexity index is 2070. The highest BCUT2D eigenvalue weighted by Crippen LogP contribution is 2.50. The van der Waals surface area contributed by atoms with Gasteiger partial charge < -0.3 is 4.74 Å². The summed E-state index contributed by atoms with van der Waals surface area (Å²) >= 11 is 0. The molecule has 7 aromatic carbocycles. The molecule has 0 aromatic heterocycles. The summed E-state index contributed by atoms with van der Waals surface area (Å²) in [4.78, 5) is 0. The Morgan fingerprint density at radius 3 is 1.41 bits per heavy atom. The van der Waals surface area contributed by atoms with Crippen molar-refractivity contribution in [1.29, 1.82) is 0 Å². The van der Waals surface area contributed by atoms with E-state index in [1.54, 1.807) is 0 Å². The van der Waals surface area contributed by atoms with Crippen molar-refractivity contribution >= 4 is 10.8 Å². The van der Waals surface area contributed by atoms with Crippen LogP contribution in [0.15, 0.2) is 158 Å². The summed E-state index contributed by atoms with van der Waals surface area (Å²) in [5, 5.41) is 2.37. The summed E-state index contributed by atoms with van der Waals surface area (Å²) in [7, 11) is 0. The monoisotopic (exact) mass is 522 g/mol. The van der Waals surface area contributed by atoms with Crippen LogP contribution >= 0.6 is 0 Å². The molecule has 7 aromatic rings. The van der Waals surface area contributed by atoms with Crippen LogP contribution in [0.5, 0.6) is 11.5 Å². The third kappa shape index (κ3) is 3.86. The van der Waals surface area contributed by atoms with Gasteiger partial charge in [0.1, 0.15) is 11.5 Å². The molecular weight excluding hydrogens is 496 g/mol. The SMILES string of the molecule is c1ccc(-c2ccccc2-c2ccccc2-c2ccccc2-c2ccc3c4c(cccc24)-c2ccccc2O3)cc1. The Hall–Kier alpha value is -5.40. The summed E-state index contributed by atoms with van der Waals surface area (Å²) < 4.78 is 6.39. The van der Waals surface area contributed by atoms with Crippen molar-refractivity contribution in [3.05, 3.63) is 158 Å². The molecule has 8 rings (SSSR count). The lowest BCUT2D eigenvalue weighted by molar-refractivity contribution is 0.487. The van der Waals surface area contributed by atoms with Gasteiger partial charge in [0.05, 0.1) is 0 Å². The summed E-state index contributed by atoms with van der Waals surface area (Å²) in [6.45, 7) is 0. The number of ether oxygens (including phenoxy) is 1. The highest BCUT2D eigenvalue weighted by Gasteiger charge is 2.22. The van der Waals surface area contributed by atoms with Crippen molar-refractivity contribution in [2.75, 3.05) is 0 Å². The maximum absolute atomic E-state index is 6.39. The number of hydrogen-bond acceptors (Lipinski definition) is 1. The third-order valence-electron chi connectivity index (χ3n) is 8.14. The van der Waals surface area contributed by atoms with Crippen LogP contribution in [-0.2, 0) is 0 Å². The fourth-order valence-corrected chi connectivity index (χ4v) is 6.31. The number of para-hydroxylation sites is 1. The molecule has 0 spiro atoms. The van der Waals surface area contributed by atoms with Crippen molar-refractivity contribution in [2.24, 2.45) is 0 Å². The highest BCUT2D eigenvalue weighted by atomic mass is 16.5. The van der Waals surface area contributed by atoms with Gasteiger partial charge in [-0.05, 0) is 67.6 Å². The first-order valence-electron chi connectivity index (χ1n) is 14.0. The summed E-state index contributed by atoms with van der Waals surface area (Å²) in [5.74, 6) is 1.82. The molecule has 41 heavy (non-hydrogen) atoms. The molecule has 0 unspecified atom stereocenters. The number of rotatable bonds is 4. The van der Waals surface area contributed by atoms with Gasteiger partial charge in [-0.3, -0.25) is 0 Å². The van der Waals surface area contributed by atoms with Gasteiger partial charge in [0.2, 0.25) is 0 Å². The number of hydrogen-bond donors (Lipinski definition) is 0. The average molecular weight is 523 g/mol. The first kappa shape index (κ1) is 23.5. The Kier molecular flexibility index (Phi) is 5.53. The molecule has 0 radical (unpaired) electrons. The Balaban J connectivity index is 1.35. The van der Waals surface area contributed by atoms with Gasteiger partial charge in [0, 0.05) is 10.9 Å². The number of benzene rings is 7. The van der Waals surface area contributed by atoms with Crippen molar-refractivity contribution in [3.8, 4) is 67.1 Å². The van der Waals surface area contributed by atoms with Crippen molar-refractivity contribution in [3.63, 3.8) is 0 Å². The van der Waals surface area contributed by atoms with Gasteiger partial charge in [-0.1, -0.05) is 146 Å². The van der Waals surface area contributed by atoms with E-state index >= 15 is 0 Å². The Labute approximate surface area is 240 Å². The van der Waals surface area contributed by atoms with Gasteiger partial charge in [0.25, 0.3) is 0 Å². The minimum atomic E-state index is 0.909. The van der Waals surface area contributed by atoms with Crippen LogP contribution in [-0.4, -0.2) is 0 Å². The molecule has 0 saturated carbocycles. The fourth-order valence-electron chi connectivity index (χ4n) is 6.31. The molecule has 0 bridgehead atoms. The molecule has 0 atom stereocenters. The second-order valence-corrected chi connectivity index (χ2v) is 10.4. The zero-order chi connectivity index (χ0) is 27.2. The molecule has 1 nitrogen and oxygen atoms in total. The molecule has 1 heterocycles. The van der Waals surface area contributed by atoms with Crippen LogP contribution in [0.3, 0.4) is 0 Å². The topological polar surface area (TPSA) is 9.23 Å². The van der Waals surface area contributed by atoms with E-state index < -0.39 is 0 Å². The zero-order valence-corrected chi connectivity index (χ0v) is 22.4. The molecule has 192 valence electrons. The second kappa shape index (κ2) is 9.66. The summed E-state index contributed by atoms with van der Waals surface area (Å²) in [5.41, 5.74) is 12.1. The fraction of sp³-hybridized carbons (Fsp3) is 0. The van der Waals surface area contributed by atoms with E-state index in [-0.39, 0.29) is 0 Å². The Morgan fingerprint density at radius 1 is 0.268 bits per heavy atom. The van der Waals surface area contributed by atoms with Crippen LogP contribution in [0.2, 0.25) is 0 Å². The lowest BCUT2D eigenvalue weighted by Gasteiger charge is -2.23. The van der Waals surface area contributed by atoms with Crippen molar-refractivity contribution < 1.29 is 4.74 Å². The van der Waals surface area contributed by atoms with Gasteiger partial charge >= 0.3 is 0 Å². The normalized spacial score (nSPS) is 11.6. The lowest BCUT2D eigenvalue weighted by Crippen LogP contribution is -1.98. The lowest BCUT2D eigenvalue weighted by atomic mass is 9.85. The third-order valence-corrected chi connectivity index (χ3v) is 8.14. The predicted octanol–water partition coefficient (Wildman–Crippen LogP) is 11.3. The zero-order valence-electron chi connectivity index (χ0n) is 22.4. The molecular formula is C40H26O. The summed E-state index contributed by atoms with van der Waals surface area (Å²) in [6, 6.07) is 56.2. The average Bonchev–Trinajstić information content (AvgIpc) is 3.05. The first-order chi connectivity index (χ1) is 20.4. The van der Waals surface area contributed by atoms with E-state index in [1.165, 1.54) is 60.8 Å². The van der Waals surface area contributed by atoms with E-state index in [1.807, 2.05) is 12.1 Å². The van der Waals surface area contributed by atoms with Crippen LogP contribution < -0.4 is 4.74 Å². The van der Waals surface area contributed by atoms with E-state index in [0.717, 1.165) is 17.1 Å². The quantitative estimate of drug-likeness (QED) is 0.223. The Morgan fingerprint density at radius 2 is 0.756 bits per heavy atom. The molecule has 1 aliphatic heterocycles. The smallest absolute Gasteiger partial charge is 0.135 e. The molecule has 0 amide bonds. The van der Waals surface area contributed by atoms with Crippen molar-refractivity contribution in [2.45, 2.75) is 0 Å². The molecule has 0 N–H and O–H groups in total. The maximum atomic E-state index is 6.39. The standard InChI is InChI=1S/C40H26O/c1-2-13-27(14-3-1)28-15-4-5-16-29(28)30-17-6-7-18-31(30)32-19-8-9-20-33(32)34-25-26-39-40-36(34)22-12-23-37(40)35-21-10-11-24-38(35)41-39/h1-26H. The predicted molar refractivity (Wildman–Crippen MR) is 171 cm³/mol. The van der Waals surface area contributed by atoms with E-state index in [9.17, 15) is 0 Å². The van der Waals surface area contributed by atoms with Gasteiger partial charge in [-0.25, -0.2) is 0 Å². The van der Waals surface area contributed by atoms with E-state index in [4.69, 9.17) is 4.74 Å². The maximum Gasteiger partial charge on any atom is 0.135 e. The minimum Gasteiger partial charge on any atom is -0.456 e. The second-order valence-electron chi connectivity index (χ2n) is 10.4. The van der Waals surface area contributed by atoms with Crippen LogP contribution in [0.1, 0.15) is 0 Å². The van der Waals surface area contributed by atoms with Crippen LogP contribution in [0.4, 0.5) is 0 Å². The van der Waals surface area contributed by atoms with E-state index in [2.05, 4.69) is 146 Å². The van der Waals surface area contributed by atoms with E-state index in [0.29, 0.717) is 0 Å². The minimum absolute atomic E-state index is 0.909. The molecule has 0 fully saturated rings. The summed E-state index contributed by atoms with van der Waals surface area (Å²) in [6.07, 6.45) is 0. The molecule has 1 heteroatoms. The van der Waals surface area contributed by atoms with Gasteiger partial charge in [-0.2, -0.15) is 0 Å². The largest absolute Gasteiger partial charge is 0.456 e. The van der Waals surface area contributed by atoms with Gasteiger partial charge in [0.15, 0.2) is 0 Å². The molecule has 0 saturated heterocycles. The van der Waals surface area contributed by atoms with Crippen LogP contribution in [0.25, 0.3) is 66.4 Å². The van der Waals surface area contributed by atoms with Crippen molar-refractivity contribution in [1.82, 2.24) is 0 Å². The molecule has 0 aliphatic carbocycles. The highest BCUT2D eigenvalue weighted by molar-refractivity contribution is 6.11. The van der Waals surface area contributed by atoms with Crippen LogP contribution in [0, 0.1) is 0 Å².